The zero-order chi connectivity index (χ0) is 18.1. The highest BCUT2D eigenvalue weighted by molar-refractivity contribution is 5.70. The number of aliphatic hydroxyl groups is 1. The number of hydrogen-bond donors (Lipinski definition) is 4. The Morgan fingerprint density at radius 2 is 2.36 bits per heavy atom. The van der Waals surface area contributed by atoms with E-state index in [-0.39, 0.29) is 35.7 Å². The Labute approximate surface area is 142 Å². The first-order valence-corrected chi connectivity index (χ1v) is 7.84. The average molecular weight is 352 g/mol. The molecule has 3 heterocycles. The molecule has 4 atom stereocenters. The number of nitrogens with one attached hydrogen (secondary N) is 2. The molecule has 2 aromatic heterocycles. The highest BCUT2D eigenvalue weighted by Gasteiger charge is 2.44. The molecule has 0 radical (unpaired) electrons. The molecule has 0 spiro atoms. The van der Waals surface area contributed by atoms with Gasteiger partial charge in [0.25, 0.3) is 5.56 Å². The van der Waals surface area contributed by atoms with Crippen molar-refractivity contribution >= 4 is 23.2 Å². The molecule has 0 bridgehead atoms. The quantitative estimate of drug-likeness (QED) is 0.565. The maximum atomic E-state index is 11.9. The first kappa shape index (κ1) is 17.2. The van der Waals surface area contributed by atoms with Crippen molar-refractivity contribution in [3.8, 4) is 0 Å². The minimum atomic E-state index is -0.943. The van der Waals surface area contributed by atoms with E-state index in [1.807, 2.05) is 6.92 Å². The number of carbonyl (C=O) groups excluding carboxylic acids is 1. The Kier molecular flexibility index (Phi) is 4.59. The Balaban J connectivity index is 1.90. The van der Waals surface area contributed by atoms with E-state index in [1.165, 1.54) is 18.0 Å². The van der Waals surface area contributed by atoms with Crippen LogP contribution in [0.3, 0.4) is 0 Å². The number of nitrogens with zero attached hydrogens (tertiary/aromatic N) is 3. The molecular weight excluding hydrogens is 332 g/mol. The van der Waals surface area contributed by atoms with Crippen LogP contribution < -0.4 is 16.6 Å². The number of carbonyl (C=O) groups is 1. The van der Waals surface area contributed by atoms with Crippen LogP contribution in [0.4, 0.5) is 10.7 Å². The van der Waals surface area contributed by atoms with Crippen molar-refractivity contribution in [2.75, 3.05) is 19.4 Å². The van der Waals surface area contributed by atoms with Crippen LogP contribution in [0, 0.1) is 5.92 Å². The first-order chi connectivity index (χ1) is 12.0. The fraction of sp³-hybridized carbons (Fsp3) is 0.571. The minimum Gasteiger partial charge on any atom is -0.453 e. The van der Waals surface area contributed by atoms with Gasteiger partial charge in [-0.05, 0) is 6.42 Å². The zero-order valence-corrected chi connectivity index (χ0v) is 13.8. The number of amides is 1. The summed E-state index contributed by atoms with van der Waals surface area (Å²) in [4.78, 5) is 33.7. The topological polar surface area (TPSA) is 157 Å². The Bertz CT molecular complexity index is 833. The number of rotatable bonds is 4. The summed E-state index contributed by atoms with van der Waals surface area (Å²) in [7, 11) is 1.27. The smallest absolute Gasteiger partial charge is 0.406 e. The fourth-order valence-electron chi connectivity index (χ4n) is 3.08. The van der Waals surface area contributed by atoms with Gasteiger partial charge in [0.1, 0.15) is 6.10 Å². The van der Waals surface area contributed by atoms with E-state index in [0.29, 0.717) is 6.42 Å². The van der Waals surface area contributed by atoms with Crippen LogP contribution >= 0.6 is 0 Å². The molecule has 0 unspecified atom stereocenters. The van der Waals surface area contributed by atoms with Gasteiger partial charge in [0.15, 0.2) is 17.4 Å². The number of nitrogen functional groups attached to an aromatic ring is 1. The summed E-state index contributed by atoms with van der Waals surface area (Å²) >= 11 is 0. The van der Waals surface area contributed by atoms with Crippen molar-refractivity contribution in [3.05, 3.63) is 16.7 Å². The predicted octanol–water partition coefficient (Wildman–Crippen LogP) is -0.658. The highest BCUT2D eigenvalue weighted by Crippen LogP contribution is 2.36. The van der Waals surface area contributed by atoms with Gasteiger partial charge in [-0.15, -0.1) is 0 Å². The zero-order valence-electron chi connectivity index (χ0n) is 13.8. The number of aromatic nitrogens is 4. The maximum absolute atomic E-state index is 11.9. The van der Waals surface area contributed by atoms with Crippen LogP contribution in [0.1, 0.15) is 19.6 Å². The van der Waals surface area contributed by atoms with E-state index in [9.17, 15) is 14.7 Å². The van der Waals surface area contributed by atoms with Crippen LogP contribution in [0.5, 0.6) is 0 Å². The van der Waals surface area contributed by atoms with Crippen molar-refractivity contribution in [1.29, 1.82) is 0 Å². The Hall–Kier alpha value is -2.66. The van der Waals surface area contributed by atoms with Gasteiger partial charge in [0.05, 0.1) is 19.5 Å². The number of aliphatic hydroxyl groups excluding tert-OH is 1. The standard InChI is InChI=1S/C14H20N6O5/c1-3-7-6(4-16-14(23)24-2)9(21)12(25-7)20-5-17-8-10(20)18-13(15)19-11(8)22/h5-7,9,12,21H,3-4H2,1-2H3,(H,16,23)(H3,15,18,19,22)/t6-,7-,9-,12-/m1/s1. The lowest BCUT2D eigenvalue weighted by Crippen LogP contribution is -2.38. The van der Waals surface area contributed by atoms with Crippen molar-refractivity contribution in [3.63, 3.8) is 0 Å². The summed E-state index contributed by atoms with van der Waals surface area (Å²) in [6.45, 7) is 2.10. The van der Waals surface area contributed by atoms with E-state index in [0.717, 1.165) is 0 Å². The van der Waals surface area contributed by atoms with Crippen molar-refractivity contribution in [1.82, 2.24) is 24.8 Å². The predicted molar refractivity (Wildman–Crippen MR) is 86.7 cm³/mol. The Morgan fingerprint density at radius 1 is 1.60 bits per heavy atom. The lowest BCUT2D eigenvalue weighted by molar-refractivity contribution is -0.0355. The Morgan fingerprint density at radius 3 is 3.04 bits per heavy atom. The molecule has 0 saturated carbocycles. The molecule has 1 fully saturated rings. The molecule has 1 aliphatic heterocycles. The second kappa shape index (κ2) is 6.69. The van der Waals surface area contributed by atoms with Crippen LogP contribution in [0.15, 0.2) is 11.1 Å². The molecule has 0 aliphatic carbocycles. The van der Waals surface area contributed by atoms with Crippen LogP contribution in [0.25, 0.3) is 11.2 Å². The van der Waals surface area contributed by atoms with Crippen molar-refractivity contribution in [2.24, 2.45) is 5.92 Å². The summed E-state index contributed by atoms with van der Waals surface area (Å²) in [6, 6.07) is 0. The molecule has 0 aromatic carbocycles. The number of fused-ring (bicyclic) bond motifs is 1. The summed E-state index contributed by atoms with van der Waals surface area (Å²) in [6.07, 6.45) is -0.615. The summed E-state index contributed by atoms with van der Waals surface area (Å²) < 4.78 is 11.9. The third-order valence-electron chi connectivity index (χ3n) is 4.32. The van der Waals surface area contributed by atoms with E-state index < -0.39 is 24.0 Å². The van der Waals surface area contributed by atoms with E-state index in [4.69, 9.17) is 10.5 Å². The summed E-state index contributed by atoms with van der Waals surface area (Å²) in [5.74, 6) is -0.409. The van der Waals surface area contributed by atoms with Gasteiger partial charge in [-0.25, -0.2) is 9.78 Å². The van der Waals surface area contributed by atoms with Gasteiger partial charge in [0.2, 0.25) is 5.95 Å². The minimum absolute atomic E-state index is 0.0531. The molecule has 5 N–H and O–H groups in total. The summed E-state index contributed by atoms with van der Waals surface area (Å²) in [5, 5.41) is 13.3. The molecular formula is C14H20N6O5. The van der Waals surface area contributed by atoms with Crippen LogP contribution in [-0.4, -0.2) is 56.6 Å². The molecule has 1 saturated heterocycles. The average Bonchev–Trinajstić information content (AvgIpc) is 3.13. The van der Waals surface area contributed by atoms with Gasteiger partial charge >= 0.3 is 6.09 Å². The molecule has 2 aromatic rings. The largest absolute Gasteiger partial charge is 0.453 e. The van der Waals surface area contributed by atoms with Gasteiger partial charge in [0, 0.05) is 12.5 Å². The van der Waals surface area contributed by atoms with Gasteiger partial charge in [-0.1, -0.05) is 6.92 Å². The third-order valence-corrected chi connectivity index (χ3v) is 4.32. The normalized spacial score (nSPS) is 26.0. The van der Waals surface area contributed by atoms with Crippen molar-refractivity contribution < 1.29 is 19.4 Å². The first-order valence-electron chi connectivity index (χ1n) is 7.84. The van der Waals surface area contributed by atoms with Gasteiger partial charge in [-0.2, -0.15) is 4.98 Å². The number of imidazole rings is 1. The number of hydrogen-bond acceptors (Lipinski definition) is 8. The molecule has 11 heteroatoms. The van der Waals surface area contributed by atoms with E-state index >= 15 is 0 Å². The molecule has 136 valence electrons. The molecule has 1 aliphatic rings. The number of anilines is 1. The number of aromatic amines is 1. The highest BCUT2D eigenvalue weighted by atomic mass is 16.5. The van der Waals surface area contributed by atoms with E-state index in [2.05, 4.69) is 25.0 Å². The molecule has 25 heavy (non-hydrogen) atoms. The lowest BCUT2D eigenvalue weighted by atomic mass is 9.96. The second-order valence-corrected chi connectivity index (χ2v) is 5.78. The van der Waals surface area contributed by atoms with Crippen molar-refractivity contribution in [2.45, 2.75) is 31.8 Å². The molecule has 3 rings (SSSR count). The number of nitrogens with two attached hydrogens (primary N) is 1. The van der Waals surface area contributed by atoms with E-state index in [1.54, 1.807) is 0 Å². The molecule has 11 nitrogen and oxygen atoms in total. The van der Waals surface area contributed by atoms with Gasteiger partial charge in [-0.3, -0.25) is 14.3 Å². The monoisotopic (exact) mass is 352 g/mol. The van der Waals surface area contributed by atoms with Crippen LogP contribution in [0.2, 0.25) is 0 Å². The number of H-pyrrole nitrogens is 1. The fourth-order valence-corrected chi connectivity index (χ4v) is 3.08. The lowest BCUT2D eigenvalue weighted by Gasteiger charge is -2.19. The van der Waals surface area contributed by atoms with Crippen LogP contribution in [-0.2, 0) is 9.47 Å². The molecule has 1 amide bonds. The number of ether oxygens (including phenoxy) is 2. The van der Waals surface area contributed by atoms with Gasteiger partial charge < -0.3 is 25.6 Å². The number of alkyl carbamates (subject to hydrolysis) is 1. The number of methoxy groups -OCH3 is 1. The second-order valence-electron chi connectivity index (χ2n) is 5.78. The third kappa shape index (κ3) is 3.03. The maximum Gasteiger partial charge on any atom is 0.406 e. The SMILES string of the molecule is CC[C@H]1O[C@@H](n2cnc3c(=O)[nH]c(N)nc32)[C@H](O)[C@@H]1CNC(=O)OC. The summed E-state index contributed by atoms with van der Waals surface area (Å²) in [5.41, 5.74) is 5.45.